The third-order valence-electron chi connectivity index (χ3n) is 3.23. The Morgan fingerprint density at radius 1 is 1.24 bits per heavy atom. The molecule has 2 aromatic rings. The normalized spacial score (nSPS) is 10.3. The number of aryl methyl sites for hydroxylation is 1. The van der Waals surface area contributed by atoms with E-state index in [2.05, 4.69) is 10.6 Å². The van der Waals surface area contributed by atoms with E-state index in [0.717, 1.165) is 16.8 Å². The number of amides is 1. The van der Waals surface area contributed by atoms with Crippen molar-refractivity contribution >= 4 is 23.2 Å². The number of benzene rings is 2. The smallest absolute Gasteiger partial charge is 0.252 e. The summed E-state index contributed by atoms with van der Waals surface area (Å²) in [5, 5.41) is 6.10. The minimum absolute atomic E-state index is 0.245. The fraction of sp³-hybridized carbons (Fsp3) is 0.188. The fourth-order valence-corrected chi connectivity index (χ4v) is 2.18. The summed E-state index contributed by atoms with van der Waals surface area (Å²) in [7, 11) is 1.55. The summed E-state index contributed by atoms with van der Waals surface area (Å²) in [4.78, 5) is 11.7. The van der Waals surface area contributed by atoms with Crippen molar-refractivity contribution in [2.24, 2.45) is 0 Å². The molecule has 0 saturated heterocycles. The van der Waals surface area contributed by atoms with Crippen LogP contribution in [-0.4, -0.2) is 13.0 Å². The lowest BCUT2D eigenvalue weighted by Crippen LogP contribution is -2.18. The minimum Gasteiger partial charge on any atom is -0.381 e. The van der Waals surface area contributed by atoms with Crippen molar-refractivity contribution in [1.82, 2.24) is 5.32 Å². The van der Waals surface area contributed by atoms with E-state index in [1.165, 1.54) is 12.1 Å². The molecule has 2 N–H and O–H groups in total. The number of halogens is 2. The van der Waals surface area contributed by atoms with Crippen LogP contribution in [0.4, 0.5) is 10.1 Å². The Kier molecular flexibility index (Phi) is 4.81. The Labute approximate surface area is 128 Å². The molecule has 5 heteroatoms. The first-order chi connectivity index (χ1) is 10.0. The van der Waals surface area contributed by atoms with Gasteiger partial charge in [0.15, 0.2) is 0 Å². The molecule has 21 heavy (non-hydrogen) atoms. The van der Waals surface area contributed by atoms with Crippen molar-refractivity contribution in [2.45, 2.75) is 13.5 Å². The molecule has 0 aromatic heterocycles. The van der Waals surface area contributed by atoms with E-state index in [0.29, 0.717) is 17.1 Å². The summed E-state index contributed by atoms with van der Waals surface area (Å²) in [6, 6.07) is 9.79. The van der Waals surface area contributed by atoms with Crippen LogP contribution in [0.5, 0.6) is 0 Å². The maximum absolute atomic E-state index is 13.2. The van der Waals surface area contributed by atoms with Gasteiger partial charge >= 0.3 is 0 Å². The first-order valence-corrected chi connectivity index (χ1v) is 6.89. The molecular formula is C16H16ClFN2O. The molecule has 2 aromatic carbocycles. The topological polar surface area (TPSA) is 41.1 Å². The molecule has 0 atom stereocenters. The minimum atomic E-state index is -0.264. The van der Waals surface area contributed by atoms with E-state index in [1.807, 2.05) is 6.92 Å². The van der Waals surface area contributed by atoms with Gasteiger partial charge in [0, 0.05) is 19.3 Å². The molecule has 0 heterocycles. The lowest BCUT2D eigenvalue weighted by atomic mass is 10.1. The van der Waals surface area contributed by atoms with Crippen LogP contribution in [0.2, 0.25) is 5.02 Å². The van der Waals surface area contributed by atoms with Crippen LogP contribution in [0.25, 0.3) is 0 Å². The summed E-state index contributed by atoms with van der Waals surface area (Å²) in [5.74, 6) is -0.509. The van der Waals surface area contributed by atoms with Crippen molar-refractivity contribution in [3.8, 4) is 0 Å². The molecule has 1 amide bonds. The van der Waals surface area contributed by atoms with Gasteiger partial charge < -0.3 is 10.6 Å². The second-order valence-corrected chi connectivity index (χ2v) is 5.11. The number of hydrogen-bond acceptors (Lipinski definition) is 2. The van der Waals surface area contributed by atoms with E-state index in [9.17, 15) is 9.18 Å². The van der Waals surface area contributed by atoms with Gasteiger partial charge in [0.1, 0.15) is 5.82 Å². The number of carbonyl (C=O) groups is 1. The molecule has 0 spiro atoms. The molecule has 3 nitrogen and oxygen atoms in total. The monoisotopic (exact) mass is 306 g/mol. The highest BCUT2D eigenvalue weighted by Gasteiger charge is 2.09. The van der Waals surface area contributed by atoms with E-state index in [4.69, 9.17) is 11.6 Å². The van der Waals surface area contributed by atoms with E-state index in [-0.39, 0.29) is 11.7 Å². The van der Waals surface area contributed by atoms with Gasteiger partial charge in [-0.3, -0.25) is 4.79 Å². The highest BCUT2D eigenvalue weighted by molar-refractivity contribution is 6.34. The van der Waals surface area contributed by atoms with E-state index in [1.54, 1.807) is 31.3 Å². The zero-order valence-corrected chi connectivity index (χ0v) is 12.6. The van der Waals surface area contributed by atoms with Crippen molar-refractivity contribution in [1.29, 1.82) is 0 Å². The highest BCUT2D eigenvalue weighted by atomic mass is 35.5. The molecule has 0 radical (unpaired) electrons. The lowest BCUT2D eigenvalue weighted by molar-refractivity contribution is 0.0963. The third-order valence-corrected chi connectivity index (χ3v) is 3.56. The summed E-state index contributed by atoms with van der Waals surface area (Å²) in [6.07, 6.45) is 0. The Bertz CT molecular complexity index is 673. The third kappa shape index (κ3) is 3.73. The second kappa shape index (κ2) is 6.59. The number of rotatable bonds is 4. The van der Waals surface area contributed by atoms with Gasteiger partial charge in [-0.2, -0.15) is 0 Å². The Balaban J connectivity index is 2.17. The molecule has 0 aliphatic carbocycles. The van der Waals surface area contributed by atoms with Crippen LogP contribution in [0, 0.1) is 12.7 Å². The molecule has 0 fully saturated rings. The van der Waals surface area contributed by atoms with Crippen LogP contribution in [0.15, 0.2) is 36.4 Å². The Hall–Kier alpha value is -2.07. The molecule has 2 rings (SSSR count). The molecule has 0 aliphatic rings. The van der Waals surface area contributed by atoms with Crippen LogP contribution < -0.4 is 10.6 Å². The zero-order chi connectivity index (χ0) is 15.4. The maximum Gasteiger partial charge on any atom is 0.252 e. The number of carbonyl (C=O) groups excluding carboxylic acids is 1. The quantitative estimate of drug-likeness (QED) is 0.903. The van der Waals surface area contributed by atoms with Gasteiger partial charge in [0.05, 0.1) is 10.6 Å². The van der Waals surface area contributed by atoms with Gasteiger partial charge in [-0.25, -0.2) is 4.39 Å². The van der Waals surface area contributed by atoms with Crippen LogP contribution in [0.1, 0.15) is 21.5 Å². The molecule has 0 unspecified atom stereocenters. The van der Waals surface area contributed by atoms with Crippen molar-refractivity contribution in [3.63, 3.8) is 0 Å². The number of hydrogen-bond donors (Lipinski definition) is 2. The number of nitrogens with one attached hydrogen (secondary N) is 2. The Morgan fingerprint density at radius 3 is 2.71 bits per heavy atom. The molecule has 0 bridgehead atoms. The average molecular weight is 307 g/mol. The zero-order valence-electron chi connectivity index (χ0n) is 11.8. The van der Waals surface area contributed by atoms with Crippen LogP contribution in [-0.2, 0) is 6.54 Å². The second-order valence-electron chi connectivity index (χ2n) is 4.70. The first-order valence-electron chi connectivity index (χ1n) is 6.52. The SMILES string of the molecule is CNC(=O)c1cc(NCc2cc(F)ccc2C)ccc1Cl. The summed E-state index contributed by atoms with van der Waals surface area (Å²) < 4.78 is 13.2. The van der Waals surface area contributed by atoms with Gasteiger partial charge in [-0.1, -0.05) is 17.7 Å². The summed E-state index contributed by atoms with van der Waals surface area (Å²) in [6.45, 7) is 2.40. The maximum atomic E-state index is 13.2. The van der Waals surface area contributed by atoms with Crippen molar-refractivity contribution in [2.75, 3.05) is 12.4 Å². The van der Waals surface area contributed by atoms with Gasteiger partial charge in [0.2, 0.25) is 0 Å². The van der Waals surface area contributed by atoms with Crippen LogP contribution in [0.3, 0.4) is 0 Å². The lowest BCUT2D eigenvalue weighted by Gasteiger charge is -2.11. The van der Waals surface area contributed by atoms with Crippen molar-refractivity contribution < 1.29 is 9.18 Å². The summed E-state index contributed by atoms with van der Waals surface area (Å²) >= 11 is 5.99. The summed E-state index contributed by atoms with van der Waals surface area (Å²) in [5.41, 5.74) is 3.03. The van der Waals surface area contributed by atoms with Gasteiger partial charge in [-0.15, -0.1) is 0 Å². The standard InChI is InChI=1S/C16H16ClFN2O/c1-10-3-4-12(18)7-11(10)9-20-13-5-6-15(17)14(8-13)16(21)19-2/h3-8,20H,9H2,1-2H3,(H,19,21). The molecular weight excluding hydrogens is 291 g/mol. The molecule has 0 aliphatic heterocycles. The van der Waals surface area contributed by atoms with Gasteiger partial charge in [0.25, 0.3) is 5.91 Å². The van der Waals surface area contributed by atoms with Crippen LogP contribution >= 0.6 is 11.6 Å². The predicted molar refractivity (Wildman–Crippen MR) is 83.3 cm³/mol. The predicted octanol–water partition coefficient (Wildman–Crippen LogP) is 3.76. The first kappa shape index (κ1) is 15.3. The molecule has 0 saturated carbocycles. The van der Waals surface area contributed by atoms with Gasteiger partial charge in [-0.05, 0) is 48.4 Å². The van der Waals surface area contributed by atoms with E-state index >= 15 is 0 Å². The molecule has 110 valence electrons. The largest absolute Gasteiger partial charge is 0.381 e. The number of anilines is 1. The average Bonchev–Trinajstić information content (AvgIpc) is 2.48. The fourth-order valence-electron chi connectivity index (χ4n) is 1.97. The highest BCUT2D eigenvalue weighted by Crippen LogP contribution is 2.21. The Morgan fingerprint density at radius 2 is 2.00 bits per heavy atom. The van der Waals surface area contributed by atoms with Crippen molar-refractivity contribution in [3.05, 3.63) is 63.9 Å². The van der Waals surface area contributed by atoms with E-state index < -0.39 is 0 Å².